The van der Waals surface area contributed by atoms with Gasteiger partial charge in [-0.25, -0.2) is 4.79 Å². The van der Waals surface area contributed by atoms with E-state index in [2.05, 4.69) is 20.4 Å². The first-order valence-corrected chi connectivity index (χ1v) is 9.11. The van der Waals surface area contributed by atoms with Crippen LogP contribution in [-0.4, -0.2) is 40.9 Å². The van der Waals surface area contributed by atoms with E-state index in [9.17, 15) is 22.8 Å². The van der Waals surface area contributed by atoms with Crippen molar-refractivity contribution in [2.24, 2.45) is 0 Å². The van der Waals surface area contributed by atoms with Crippen molar-refractivity contribution >= 4 is 23.6 Å². The highest BCUT2D eigenvalue weighted by Gasteiger charge is 2.28. The van der Waals surface area contributed by atoms with Crippen LogP contribution in [0.15, 0.2) is 42.6 Å². The van der Waals surface area contributed by atoms with Crippen LogP contribution in [-0.2, 0) is 11.2 Å². The van der Waals surface area contributed by atoms with Crippen LogP contribution in [0.3, 0.4) is 0 Å². The normalized spacial score (nSPS) is 13.2. The van der Waals surface area contributed by atoms with Crippen molar-refractivity contribution in [3.05, 3.63) is 58.9 Å². The van der Waals surface area contributed by atoms with Gasteiger partial charge in [0.25, 0.3) is 0 Å². The smallest absolute Gasteiger partial charge is 0.422 e. The third-order valence-electron chi connectivity index (χ3n) is 3.93. The fraction of sp³-hybridized carbons (Fsp3) is 0.316. The summed E-state index contributed by atoms with van der Waals surface area (Å²) in [6.45, 7) is 0.171. The number of halogens is 4. The van der Waals surface area contributed by atoms with E-state index in [-0.39, 0.29) is 12.2 Å². The number of nitrogens with zero attached hydrogens (tertiary/aromatic N) is 1. The molecule has 0 saturated carbocycles. The van der Waals surface area contributed by atoms with Crippen LogP contribution < -0.4 is 15.4 Å². The molecule has 7 nitrogen and oxygen atoms in total. The zero-order valence-corrected chi connectivity index (χ0v) is 16.5. The van der Waals surface area contributed by atoms with Crippen molar-refractivity contribution in [3.8, 4) is 5.75 Å². The van der Waals surface area contributed by atoms with E-state index in [1.165, 1.54) is 12.1 Å². The van der Waals surface area contributed by atoms with Crippen molar-refractivity contribution < 1.29 is 32.6 Å². The quantitative estimate of drug-likeness (QED) is 0.575. The van der Waals surface area contributed by atoms with E-state index in [0.29, 0.717) is 16.3 Å². The fourth-order valence-corrected chi connectivity index (χ4v) is 2.63. The summed E-state index contributed by atoms with van der Waals surface area (Å²) in [5, 5.41) is 14.3. The van der Waals surface area contributed by atoms with Crippen LogP contribution in [0.5, 0.6) is 5.75 Å². The van der Waals surface area contributed by atoms with Crippen LogP contribution in [0, 0.1) is 0 Å². The number of hydrogen-bond donors (Lipinski definition) is 3. The second kappa shape index (κ2) is 10.1. The van der Waals surface area contributed by atoms with E-state index in [1.807, 2.05) is 0 Å². The molecule has 2 aromatic rings. The molecule has 0 spiro atoms. The standard InChI is InChI=1S/C19H19ClF3N3O4/c1-11(15-7-6-14(9-24-15)30-10-19(21,22)23)25-17(27)16(26-18(28)29)8-12-2-4-13(20)5-3-12/h2-7,9,11,16,26H,8,10H2,1H3,(H,25,27)(H,28,29)/t11-,16+/m1/s1. The highest BCUT2D eigenvalue weighted by Crippen LogP contribution is 2.19. The summed E-state index contributed by atoms with van der Waals surface area (Å²) in [7, 11) is 0. The summed E-state index contributed by atoms with van der Waals surface area (Å²) in [5.41, 5.74) is 1.06. The van der Waals surface area contributed by atoms with E-state index in [4.69, 9.17) is 16.7 Å². The minimum Gasteiger partial charge on any atom is -0.483 e. The first kappa shape index (κ1) is 23.3. The molecular formula is C19H19ClF3N3O4. The van der Waals surface area contributed by atoms with Crippen molar-refractivity contribution in [3.63, 3.8) is 0 Å². The molecule has 162 valence electrons. The van der Waals surface area contributed by atoms with Gasteiger partial charge >= 0.3 is 12.3 Å². The molecule has 0 radical (unpaired) electrons. The SMILES string of the molecule is C[C@@H](NC(=O)[C@H](Cc1ccc(Cl)cc1)NC(=O)O)c1ccc(OCC(F)(F)F)cn1. The highest BCUT2D eigenvalue weighted by molar-refractivity contribution is 6.30. The average molecular weight is 446 g/mol. The molecule has 30 heavy (non-hydrogen) atoms. The van der Waals surface area contributed by atoms with Crippen LogP contribution in [0.1, 0.15) is 24.2 Å². The number of aromatic nitrogens is 1. The van der Waals surface area contributed by atoms with E-state index in [0.717, 1.165) is 6.20 Å². The fourth-order valence-electron chi connectivity index (χ4n) is 2.50. The van der Waals surface area contributed by atoms with E-state index < -0.39 is 36.9 Å². The maximum absolute atomic E-state index is 12.6. The maximum atomic E-state index is 12.6. The number of hydrogen-bond acceptors (Lipinski definition) is 4. The average Bonchev–Trinajstić information content (AvgIpc) is 2.67. The molecule has 3 N–H and O–H groups in total. The lowest BCUT2D eigenvalue weighted by molar-refractivity contribution is -0.153. The number of carbonyl (C=O) groups is 2. The second-order valence-corrected chi connectivity index (χ2v) is 6.82. The van der Waals surface area contributed by atoms with Crippen molar-refractivity contribution in [2.75, 3.05) is 6.61 Å². The predicted octanol–water partition coefficient (Wildman–Crippen LogP) is 3.73. The first-order chi connectivity index (χ1) is 14.0. The first-order valence-electron chi connectivity index (χ1n) is 8.73. The van der Waals surface area contributed by atoms with Gasteiger partial charge in [-0.1, -0.05) is 23.7 Å². The van der Waals surface area contributed by atoms with Gasteiger partial charge in [0.2, 0.25) is 5.91 Å². The number of carbonyl (C=O) groups excluding carboxylic acids is 1. The predicted molar refractivity (Wildman–Crippen MR) is 102 cm³/mol. The van der Waals surface area contributed by atoms with Crippen LogP contribution >= 0.6 is 11.6 Å². The van der Waals surface area contributed by atoms with Crippen molar-refractivity contribution in [1.29, 1.82) is 0 Å². The molecule has 2 atom stereocenters. The van der Waals surface area contributed by atoms with Gasteiger partial charge in [0.05, 0.1) is 17.9 Å². The second-order valence-electron chi connectivity index (χ2n) is 6.39. The van der Waals surface area contributed by atoms with E-state index in [1.54, 1.807) is 31.2 Å². The molecular weight excluding hydrogens is 427 g/mol. The number of rotatable bonds is 8. The molecule has 11 heteroatoms. The van der Waals surface area contributed by atoms with Gasteiger partial charge in [-0.15, -0.1) is 0 Å². The molecule has 2 rings (SSSR count). The highest BCUT2D eigenvalue weighted by atomic mass is 35.5. The van der Waals surface area contributed by atoms with Crippen molar-refractivity contribution in [2.45, 2.75) is 31.6 Å². The number of carboxylic acid groups (broad SMARTS) is 1. The lowest BCUT2D eigenvalue weighted by Gasteiger charge is -2.20. The number of alkyl halides is 3. The molecule has 0 fully saturated rings. The zero-order valence-electron chi connectivity index (χ0n) is 15.7. The number of nitrogens with one attached hydrogen (secondary N) is 2. The van der Waals surface area contributed by atoms with Gasteiger partial charge in [-0.2, -0.15) is 13.2 Å². The Morgan fingerprint density at radius 1 is 1.17 bits per heavy atom. The van der Waals surface area contributed by atoms with Crippen molar-refractivity contribution in [1.82, 2.24) is 15.6 Å². The summed E-state index contributed by atoms with van der Waals surface area (Å²) in [5.74, 6) is -0.651. The lowest BCUT2D eigenvalue weighted by atomic mass is 10.0. The lowest BCUT2D eigenvalue weighted by Crippen LogP contribution is -2.48. The summed E-state index contributed by atoms with van der Waals surface area (Å²) < 4.78 is 41.1. The molecule has 0 aliphatic carbocycles. The summed E-state index contributed by atoms with van der Waals surface area (Å²) in [6.07, 6.45) is -4.61. The Morgan fingerprint density at radius 2 is 1.83 bits per heavy atom. The third-order valence-corrected chi connectivity index (χ3v) is 4.18. The summed E-state index contributed by atoms with van der Waals surface area (Å²) >= 11 is 5.82. The molecule has 0 aliphatic heterocycles. The van der Waals surface area contributed by atoms with Gasteiger partial charge in [-0.05, 0) is 36.8 Å². The Kier molecular flexibility index (Phi) is 7.87. The molecule has 0 unspecified atom stereocenters. The van der Waals surface area contributed by atoms with Gasteiger partial charge in [0.15, 0.2) is 6.61 Å². The molecule has 1 aromatic carbocycles. The van der Waals surface area contributed by atoms with Crippen LogP contribution in [0.25, 0.3) is 0 Å². The summed E-state index contributed by atoms with van der Waals surface area (Å²) in [6, 6.07) is 7.63. The van der Waals surface area contributed by atoms with E-state index >= 15 is 0 Å². The number of benzene rings is 1. The molecule has 1 heterocycles. The largest absolute Gasteiger partial charge is 0.483 e. The monoisotopic (exact) mass is 445 g/mol. The Hall–Kier alpha value is -3.01. The molecule has 0 saturated heterocycles. The Balaban J connectivity index is 2.01. The molecule has 0 bridgehead atoms. The number of ether oxygens (including phenoxy) is 1. The van der Waals surface area contributed by atoms with Gasteiger partial charge in [0.1, 0.15) is 11.8 Å². The minimum atomic E-state index is -4.46. The number of pyridine rings is 1. The third kappa shape index (κ3) is 7.78. The van der Waals surface area contributed by atoms with Gasteiger partial charge in [-0.3, -0.25) is 9.78 Å². The molecule has 2 amide bonds. The van der Waals surface area contributed by atoms with Crippen LogP contribution in [0.2, 0.25) is 5.02 Å². The van der Waals surface area contributed by atoms with Crippen LogP contribution in [0.4, 0.5) is 18.0 Å². The zero-order chi connectivity index (χ0) is 22.3. The minimum absolute atomic E-state index is 0.0669. The maximum Gasteiger partial charge on any atom is 0.422 e. The Bertz CT molecular complexity index is 861. The Labute approximate surface area is 175 Å². The summed E-state index contributed by atoms with van der Waals surface area (Å²) in [4.78, 5) is 27.6. The topological polar surface area (TPSA) is 101 Å². The molecule has 0 aliphatic rings. The number of amides is 2. The van der Waals surface area contributed by atoms with Gasteiger partial charge < -0.3 is 20.5 Å². The molecule has 1 aromatic heterocycles. The van der Waals surface area contributed by atoms with Gasteiger partial charge in [0, 0.05) is 11.4 Å². The Morgan fingerprint density at radius 3 is 2.37 bits per heavy atom.